The first-order valence-corrected chi connectivity index (χ1v) is 10.3. The number of rotatable bonds is 3. The third kappa shape index (κ3) is 2.50. The molecule has 0 aromatic heterocycles. The monoisotopic (exact) mass is 430 g/mol. The summed E-state index contributed by atoms with van der Waals surface area (Å²) in [5.74, 6) is -0.398. The highest BCUT2D eigenvalue weighted by Gasteiger charge is 2.40. The Hall–Kier alpha value is -2.38. The van der Waals surface area contributed by atoms with Crippen LogP contribution in [0.25, 0.3) is 10.8 Å². The Labute approximate surface area is 159 Å². The fraction of sp³-hybridized carbons (Fsp3) is 0.105. The van der Waals surface area contributed by atoms with E-state index in [4.69, 9.17) is 0 Å². The molecule has 0 bridgehead atoms. The third-order valence-electron chi connectivity index (χ3n) is 4.48. The Morgan fingerprint density at radius 3 is 2.46 bits per heavy atom. The number of anilines is 2. The van der Waals surface area contributed by atoms with Crippen molar-refractivity contribution in [1.29, 1.82) is 0 Å². The summed E-state index contributed by atoms with van der Waals surface area (Å²) in [4.78, 5) is 13.0. The number of hydrogen-bond acceptors (Lipinski definition) is 3. The molecule has 1 N–H and O–H groups in total. The molecule has 0 radical (unpaired) electrons. The minimum atomic E-state index is -3.78. The molecule has 0 fully saturated rings. The molecular weight excluding hydrogens is 416 g/mol. The van der Waals surface area contributed by atoms with Crippen LogP contribution in [0.2, 0.25) is 0 Å². The van der Waals surface area contributed by atoms with Gasteiger partial charge in [-0.25, -0.2) is 8.42 Å². The molecule has 26 heavy (non-hydrogen) atoms. The first-order chi connectivity index (χ1) is 12.4. The van der Waals surface area contributed by atoms with Crippen LogP contribution in [-0.2, 0) is 14.8 Å². The fourth-order valence-electron chi connectivity index (χ4n) is 3.24. The Balaban J connectivity index is 1.75. The summed E-state index contributed by atoms with van der Waals surface area (Å²) in [5, 5.41) is 4.29. The summed E-state index contributed by atoms with van der Waals surface area (Å²) in [6.07, 6.45) is 0. The van der Waals surface area contributed by atoms with Crippen LogP contribution in [0.15, 0.2) is 70.0 Å². The van der Waals surface area contributed by atoms with Gasteiger partial charge < -0.3 is 5.32 Å². The highest BCUT2D eigenvalue weighted by atomic mass is 79.9. The zero-order valence-corrected chi connectivity index (χ0v) is 16.2. The molecule has 3 aromatic rings. The smallest absolute Gasteiger partial charge is 0.265 e. The standard InChI is InChI=1S/C19H15BrN2O3S/c1-12(19(23)21-15-9-3-2-8-14(15)20)22-16-10-4-6-13-7-5-11-17(18(13)16)26(22,24)25/h2-12H,1H3,(H,21,23). The van der Waals surface area contributed by atoms with Crippen molar-refractivity contribution in [3.8, 4) is 0 Å². The number of nitrogens with zero attached hydrogens (tertiary/aromatic N) is 1. The SMILES string of the molecule is CC(C(=O)Nc1ccccc1Br)N1c2cccc3cccc(c23)S1(=O)=O. The lowest BCUT2D eigenvalue weighted by molar-refractivity contribution is -0.116. The molecule has 3 aromatic carbocycles. The number of para-hydroxylation sites is 1. The van der Waals surface area contributed by atoms with Crippen molar-refractivity contribution in [3.05, 3.63) is 65.1 Å². The van der Waals surface area contributed by atoms with E-state index in [0.717, 1.165) is 9.86 Å². The number of hydrogen-bond donors (Lipinski definition) is 1. The van der Waals surface area contributed by atoms with E-state index >= 15 is 0 Å². The van der Waals surface area contributed by atoms with E-state index in [1.54, 1.807) is 43.3 Å². The second kappa shape index (κ2) is 6.10. The summed E-state index contributed by atoms with van der Waals surface area (Å²) < 4.78 is 28.1. The van der Waals surface area contributed by atoms with Gasteiger partial charge >= 0.3 is 0 Å². The van der Waals surface area contributed by atoms with Crippen LogP contribution in [-0.4, -0.2) is 20.4 Å². The first kappa shape index (κ1) is 17.1. The van der Waals surface area contributed by atoms with E-state index in [2.05, 4.69) is 21.2 Å². The lowest BCUT2D eigenvalue weighted by Gasteiger charge is -2.25. The van der Waals surface area contributed by atoms with Gasteiger partial charge in [0.1, 0.15) is 6.04 Å². The molecule has 0 aliphatic carbocycles. The molecule has 0 saturated carbocycles. The molecule has 1 aliphatic rings. The highest BCUT2D eigenvalue weighted by molar-refractivity contribution is 9.10. The predicted molar refractivity (Wildman–Crippen MR) is 106 cm³/mol. The number of halogens is 1. The minimum absolute atomic E-state index is 0.242. The van der Waals surface area contributed by atoms with Crippen molar-refractivity contribution in [3.63, 3.8) is 0 Å². The Kier molecular flexibility index (Phi) is 4.00. The van der Waals surface area contributed by atoms with E-state index in [0.29, 0.717) is 16.8 Å². The lowest BCUT2D eigenvalue weighted by atomic mass is 10.1. The number of carbonyl (C=O) groups is 1. The van der Waals surface area contributed by atoms with E-state index in [9.17, 15) is 13.2 Å². The Morgan fingerprint density at radius 1 is 1.04 bits per heavy atom. The van der Waals surface area contributed by atoms with Crippen molar-refractivity contribution >= 4 is 54.0 Å². The van der Waals surface area contributed by atoms with Gasteiger partial charge in [-0.3, -0.25) is 9.10 Å². The number of nitrogens with one attached hydrogen (secondary N) is 1. The maximum Gasteiger partial charge on any atom is 0.265 e. The predicted octanol–water partition coefficient (Wildman–Crippen LogP) is 4.14. The molecule has 0 saturated heterocycles. The molecule has 1 unspecified atom stereocenters. The van der Waals surface area contributed by atoms with Gasteiger partial charge in [0, 0.05) is 9.86 Å². The first-order valence-electron chi connectivity index (χ1n) is 8.03. The highest BCUT2D eigenvalue weighted by Crippen LogP contribution is 2.43. The van der Waals surface area contributed by atoms with Crippen molar-refractivity contribution in [1.82, 2.24) is 0 Å². The average molecular weight is 431 g/mol. The number of benzene rings is 3. The topological polar surface area (TPSA) is 66.5 Å². The van der Waals surface area contributed by atoms with Crippen LogP contribution in [0, 0.1) is 0 Å². The molecule has 1 amide bonds. The van der Waals surface area contributed by atoms with Gasteiger partial charge in [0.2, 0.25) is 5.91 Å². The molecule has 1 atom stereocenters. The van der Waals surface area contributed by atoms with Crippen LogP contribution < -0.4 is 9.62 Å². The zero-order valence-electron chi connectivity index (χ0n) is 13.8. The van der Waals surface area contributed by atoms with Crippen LogP contribution in [0.4, 0.5) is 11.4 Å². The van der Waals surface area contributed by atoms with Crippen LogP contribution in [0.3, 0.4) is 0 Å². The summed E-state index contributed by atoms with van der Waals surface area (Å²) in [6.45, 7) is 1.59. The summed E-state index contributed by atoms with van der Waals surface area (Å²) in [5.41, 5.74) is 1.13. The molecular formula is C19H15BrN2O3S. The van der Waals surface area contributed by atoms with E-state index < -0.39 is 22.0 Å². The molecule has 5 nitrogen and oxygen atoms in total. The van der Waals surface area contributed by atoms with Gasteiger partial charge in [0.05, 0.1) is 16.3 Å². The number of amides is 1. The molecule has 1 aliphatic heterocycles. The van der Waals surface area contributed by atoms with Crippen LogP contribution >= 0.6 is 15.9 Å². The van der Waals surface area contributed by atoms with Crippen molar-refractivity contribution < 1.29 is 13.2 Å². The van der Waals surface area contributed by atoms with E-state index in [1.807, 2.05) is 24.3 Å². The van der Waals surface area contributed by atoms with Crippen molar-refractivity contribution in [2.24, 2.45) is 0 Å². The Morgan fingerprint density at radius 2 is 1.73 bits per heavy atom. The van der Waals surface area contributed by atoms with Gasteiger partial charge in [-0.15, -0.1) is 0 Å². The van der Waals surface area contributed by atoms with E-state index in [-0.39, 0.29) is 4.90 Å². The maximum absolute atomic E-state index is 13.1. The summed E-state index contributed by atoms with van der Waals surface area (Å²) in [7, 11) is -3.78. The van der Waals surface area contributed by atoms with Crippen molar-refractivity contribution in [2.45, 2.75) is 17.9 Å². The molecule has 7 heteroatoms. The van der Waals surface area contributed by atoms with Gasteiger partial charge in [0.25, 0.3) is 10.0 Å². The fourth-order valence-corrected chi connectivity index (χ4v) is 5.49. The van der Waals surface area contributed by atoms with Crippen LogP contribution in [0.5, 0.6) is 0 Å². The van der Waals surface area contributed by atoms with Gasteiger partial charge in [0.15, 0.2) is 0 Å². The Bertz CT molecular complexity index is 1140. The summed E-state index contributed by atoms with van der Waals surface area (Å²) in [6, 6.07) is 16.9. The number of sulfonamides is 1. The van der Waals surface area contributed by atoms with Crippen LogP contribution in [0.1, 0.15) is 6.92 Å². The molecule has 4 rings (SSSR count). The normalized spacial score (nSPS) is 15.8. The number of carbonyl (C=O) groups excluding carboxylic acids is 1. The molecule has 0 spiro atoms. The average Bonchev–Trinajstić information content (AvgIpc) is 2.85. The van der Waals surface area contributed by atoms with Gasteiger partial charge in [-0.2, -0.15) is 0 Å². The van der Waals surface area contributed by atoms with Gasteiger partial charge in [-0.1, -0.05) is 36.4 Å². The lowest BCUT2D eigenvalue weighted by Crippen LogP contribution is -2.44. The quantitative estimate of drug-likeness (QED) is 0.678. The minimum Gasteiger partial charge on any atom is -0.323 e. The zero-order chi connectivity index (χ0) is 18.5. The summed E-state index contributed by atoms with van der Waals surface area (Å²) >= 11 is 3.38. The van der Waals surface area contributed by atoms with E-state index in [1.165, 1.54) is 4.31 Å². The molecule has 1 heterocycles. The largest absolute Gasteiger partial charge is 0.323 e. The second-order valence-electron chi connectivity index (χ2n) is 6.08. The maximum atomic E-state index is 13.1. The molecule has 132 valence electrons. The third-order valence-corrected chi connectivity index (χ3v) is 7.10. The van der Waals surface area contributed by atoms with Gasteiger partial charge in [-0.05, 0) is 52.5 Å². The second-order valence-corrected chi connectivity index (χ2v) is 8.72. The van der Waals surface area contributed by atoms with Crippen molar-refractivity contribution in [2.75, 3.05) is 9.62 Å².